The van der Waals surface area contributed by atoms with E-state index in [1.54, 1.807) is 47.5 Å². The number of aliphatic imine (C=N–C) groups is 1. The molecule has 5 nitrogen and oxygen atoms in total. The minimum Gasteiger partial charge on any atom is -0.366 e. The smallest absolute Gasteiger partial charge is 0.269 e. The van der Waals surface area contributed by atoms with Crippen LogP contribution in [0.2, 0.25) is 0 Å². The molecule has 0 aromatic heterocycles. The fraction of sp³-hybridized carbons (Fsp3) is 0.235. The zero-order valence-electron chi connectivity index (χ0n) is 12.9. The highest BCUT2D eigenvalue weighted by atomic mass is 19.1. The van der Waals surface area contributed by atoms with Crippen molar-refractivity contribution in [3.8, 4) is 0 Å². The standard InChI is InChI=1S/C17H17F2N3O2/c18-9-11-21(12-10-19)16-5-1-14(2-6-16)13-20-15-3-7-17(8-4-15)22(23)24/h1-8,13H,9-12H2. The number of hydrogen-bond acceptors (Lipinski definition) is 4. The summed E-state index contributed by atoms with van der Waals surface area (Å²) in [6.45, 7) is -0.771. The van der Waals surface area contributed by atoms with E-state index in [1.807, 2.05) is 0 Å². The molecule has 0 saturated heterocycles. The minimum atomic E-state index is -0.538. The number of rotatable bonds is 8. The van der Waals surface area contributed by atoms with Gasteiger partial charge in [-0.15, -0.1) is 0 Å². The van der Waals surface area contributed by atoms with Crippen LogP contribution in [0.15, 0.2) is 53.5 Å². The summed E-state index contributed by atoms with van der Waals surface area (Å²) in [4.78, 5) is 16.0. The third kappa shape index (κ3) is 4.84. The molecule has 0 aliphatic rings. The maximum absolute atomic E-state index is 12.5. The lowest BCUT2D eigenvalue weighted by Gasteiger charge is -2.22. The summed E-state index contributed by atoms with van der Waals surface area (Å²) < 4.78 is 25.0. The number of nitro groups is 1. The Morgan fingerprint density at radius 3 is 2.08 bits per heavy atom. The molecule has 2 aromatic rings. The third-order valence-electron chi connectivity index (χ3n) is 3.39. The number of nitrogens with zero attached hydrogens (tertiary/aromatic N) is 3. The topological polar surface area (TPSA) is 58.7 Å². The van der Waals surface area contributed by atoms with E-state index in [9.17, 15) is 18.9 Å². The number of nitro benzene ring substituents is 1. The minimum absolute atomic E-state index is 0.0131. The van der Waals surface area contributed by atoms with Gasteiger partial charge in [0.25, 0.3) is 5.69 Å². The summed E-state index contributed by atoms with van der Waals surface area (Å²) in [6, 6.07) is 13.1. The Balaban J connectivity index is 2.06. The van der Waals surface area contributed by atoms with Gasteiger partial charge in [-0.05, 0) is 29.8 Å². The Labute approximate surface area is 138 Å². The van der Waals surface area contributed by atoms with Gasteiger partial charge >= 0.3 is 0 Å². The van der Waals surface area contributed by atoms with Gasteiger partial charge < -0.3 is 4.90 Å². The van der Waals surface area contributed by atoms with Crippen molar-refractivity contribution in [2.75, 3.05) is 31.3 Å². The number of benzene rings is 2. The van der Waals surface area contributed by atoms with Gasteiger partial charge in [0.2, 0.25) is 0 Å². The second-order valence-corrected chi connectivity index (χ2v) is 4.99. The molecule has 0 radical (unpaired) electrons. The van der Waals surface area contributed by atoms with Crippen molar-refractivity contribution < 1.29 is 13.7 Å². The van der Waals surface area contributed by atoms with Crippen molar-refractivity contribution in [1.82, 2.24) is 0 Å². The lowest BCUT2D eigenvalue weighted by atomic mass is 10.2. The van der Waals surface area contributed by atoms with Gasteiger partial charge in [0.15, 0.2) is 0 Å². The molecule has 0 bridgehead atoms. The molecule has 0 saturated carbocycles. The van der Waals surface area contributed by atoms with E-state index in [4.69, 9.17) is 0 Å². The Bertz CT molecular complexity index is 682. The molecule has 0 atom stereocenters. The molecule has 0 heterocycles. The molecule has 0 unspecified atom stereocenters. The molecular weight excluding hydrogens is 316 g/mol. The van der Waals surface area contributed by atoms with Crippen LogP contribution in [-0.4, -0.2) is 37.6 Å². The van der Waals surface area contributed by atoms with Gasteiger partial charge in [0.1, 0.15) is 13.3 Å². The molecule has 0 fully saturated rings. The average Bonchev–Trinajstić information content (AvgIpc) is 2.60. The van der Waals surface area contributed by atoms with Crippen molar-refractivity contribution >= 4 is 23.3 Å². The maximum Gasteiger partial charge on any atom is 0.269 e. The Morgan fingerprint density at radius 1 is 1.00 bits per heavy atom. The van der Waals surface area contributed by atoms with Gasteiger partial charge in [0, 0.05) is 37.1 Å². The predicted molar refractivity (Wildman–Crippen MR) is 91.0 cm³/mol. The van der Waals surface area contributed by atoms with Crippen molar-refractivity contribution in [3.63, 3.8) is 0 Å². The average molecular weight is 333 g/mol. The first kappa shape index (κ1) is 17.5. The van der Waals surface area contributed by atoms with E-state index in [1.165, 1.54) is 12.1 Å². The van der Waals surface area contributed by atoms with Crippen molar-refractivity contribution in [1.29, 1.82) is 0 Å². The fourth-order valence-corrected chi connectivity index (χ4v) is 2.15. The van der Waals surface area contributed by atoms with E-state index < -0.39 is 18.3 Å². The monoisotopic (exact) mass is 333 g/mol. The summed E-state index contributed by atoms with van der Waals surface area (Å²) in [7, 11) is 0. The summed E-state index contributed by atoms with van der Waals surface area (Å²) in [6.07, 6.45) is 1.62. The van der Waals surface area contributed by atoms with Crippen LogP contribution in [0.25, 0.3) is 0 Å². The number of non-ortho nitro benzene ring substituents is 1. The first-order valence-corrected chi connectivity index (χ1v) is 7.39. The highest BCUT2D eigenvalue weighted by molar-refractivity contribution is 5.82. The Hall–Kier alpha value is -2.83. The SMILES string of the molecule is O=[N+]([O-])c1ccc(N=Cc2ccc(N(CCF)CCF)cc2)cc1. The number of anilines is 1. The molecule has 126 valence electrons. The van der Waals surface area contributed by atoms with Crippen molar-refractivity contribution in [2.45, 2.75) is 0 Å². The van der Waals surface area contributed by atoms with Crippen LogP contribution >= 0.6 is 0 Å². The summed E-state index contributed by atoms with van der Waals surface area (Å²) in [5, 5.41) is 10.6. The molecule has 0 amide bonds. The van der Waals surface area contributed by atoms with Crippen molar-refractivity contribution in [3.05, 3.63) is 64.2 Å². The van der Waals surface area contributed by atoms with Gasteiger partial charge in [-0.1, -0.05) is 12.1 Å². The maximum atomic E-state index is 12.5. The van der Waals surface area contributed by atoms with E-state index in [-0.39, 0.29) is 18.8 Å². The molecular formula is C17H17F2N3O2. The van der Waals surface area contributed by atoms with E-state index >= 15 is 0 Å². The van der Waals surface area contributed by atoms with Gasteiger partial charge in [-0.25, -0.2) is 8.78 Å². The van der Waals surface area contributed by atoms with E-state index in [0.29, 0.717) is 5.69 Å². The second kappa shape index (κ2) is 8.71. The van der Waals surface area contributed by atoms with E-state index in [0.717, 1.165) is 11.3 Å². The van der Waals surface area contributed by atoms with Crippen LogP contribution in [-0.2, 0) is 0 Å². The number of alkyl halides is 2. The lowest BCUT2D eigenvalue weighted by molar-refractivity contribution is -0.384. The number of halogens is 2. The zero-order chi connectivity index (χ0) is 17.4. The summed E-state index contributed by atoms with van der Waals surface area (Å²) in [5.74, 6) is 0. The molecule has 2 rings (SSSR count). The molecule has 0 spiro atoms. The molecule has 2 aromatic carbocycles. The van der Waals surface area contributed by atoms with Crippen LogP contribution in [0.1, 0.15) is 5.56 Å². The highest BCUT2D eigenvalue weighted by Crippen LogP contribution is 2.19. The third-order valence-corrected chi connectivity index (χ3v) is 3.39. The molecule has 7 heteroatoms. The first-order chi connectivity index (χ1) is 11.6. The Kier molecular flexibility index (Phi) is 6.36. The van der Waals surface area contributed by atoms with Crippen LogP contribution < -0.4 is 4.90 Å². The fourth-order valence-electron chi connectivity index (χ4n) is 2.15. The summed E-state index contributed by atoms with van der Waals surface area (Å²) >= 11 is 0. The summed E-state index contributed by atoms with van der Waals surface area (Å²) in [5.41, 5.74) is 2.18. The van der Waals surface area contributed by atoms with Crippen LogP contribution in [0.4, 0.5) is 25.8 Å². The quantitative estimate of drug-likeness (QED) is 0.415. The Morgan fingerprint density at radius 2 is 1.58 bits per heavy atom. The highest BCUT2D eigenvalue weighted by Gasteiger charge is 2.06. The first-order valence-electron chi connectivity index (χ1n) is 7.39. The number of hydrogen-bond donors (Lipinski definition) is 0. The molecule has 0 N–H and O–H groups in total. The normalized spacial score (nSPS) is 10.9. The molecule has 0 aliphatic carbocycles. The van der Waals surface area contributed by atoms with Crippen LogP contribution in [0, 0.1) is 10.1 Å². The van der Waals surface area contributed by atoms with Gasteiger partial charge in [-0.2, -0.15) is 0 Å². The molecule has 0 aliphatic heterocycles. The van der Waals surface area contributed by atoms with Crippen LogP contribution in [0.3, 0.4) is 0 Å². The van der Waals surface area contributed by atoms with Crippen molar-refractivity contribution in [2.24, 2.45) is 4.99 Å². The zero-order valence-corrected chi connectivity index (χ0v) is 12.9. The van der Waals surface area contributed by atoms with Gasteiger partial charge in [-0.3, -0.25) is 15.1 Å². The second-order valence-electron chi connectivity index (χ2n) is 4.99. The largest absolute Gasteiger partial charge is 0.366 e. The predicted octanol–water partition coefficient (Wildman–Crippen LogP) is 4.09. The van der Waals surface area contributed by atoms with Gasteiger partial charge in [0.05, 0.1) is 10.6 Å². The lowest BCUT2D eigenvalue weighted by Crippen LogP contribution is -2.27. The van der Waals surface area contributed by atoms with E-state index in [2.05, 4.69) is 4.99 Å². The van der Waals surface area contributed by atoms with Crippen LogP contribution in [0.5, 0.6) is 0 Å². The molecule has 24 heavy (non-hydrogen) atoms.